The van der Waals surface area contributed by atoms with Gasteiger partial charge in [0.15, 0.2) is 5.82 Å². The Bertz CT molecular complexity index is 6370. The van der Waals surface area contributed by atoms with Gasteiger partial charge in [-0.1, -0.05) is 158 Å². The van der Waals surface area contributed by atoms with Crippen LogP contribution in [0, 0.1) is 0 Å². The fourth-order valence-corrected chi connectivity index (χ4v) is 18.3. The first-order valence-electron chi connectivity index (χ1n) is 29.8. The lowest BCUT2D eigenvalue weighted by molar-refractivity contribution is 1.17. The van der Waals surface area contributed by atoms with E-state index in [1.54, 1.807) is 0 Å². The maximum atomic E-state index is 5.61. The Hall–Kier alpha value is -10.7. The molecule has 13 aromatic carbocycles. The van der Waals surface area contributed by atoms with Gasteiger partial charge < -0.3 is 13.7 Å². The predicted octanol–water partition coefficient (Wildman–Crippen LogP) is 23.0. The first-order valence-corrected chi connectivity index (χ1v) is 32.2. The summed E-state index contributed by atoms with van der Waals surface area (Å²) in [4.78, 5) is 11.0. The first kappa shape index (κ1) is 48.5. The number of hydrogen-bond acceptors (Lipinski definition) is 5. The summed E-state index contributed by atoms with van der Waals surface area (Å²) in [6.45, 7) is 0. The molecule has 7 heterocycles. The summed E-state index contributed by atoms with van der Waals surface area (Å²) >= 11 is 5.66. The normalized spacial score (nSPS) is 12.3. The highest BCUT2D eigenvalue weighted by atomic mass is 32.1. The Morgan fingerprint density at radius 3 is 1.11 bits per heavy atom. The average Bonchev–Trinajstić information content (AvgIpc) is 1.67. The Morgan fingerprint density at radius 1 is 0.239 bits per heavy atom. The van der Waals surface area contributed by atoms with Crippen molar-refractivity contribution in [2.45, 2.75) is 0 Å². The summed E-state index contributed by atoms with van der Waals surface area (Å²) in [5.41, 5.74) is 16.4. The fraction of sp³-hybridized carbons (Fsp3) is 0. The van der Waals surface area contributed by atoms with Gasteiger partial charge in [0, 0.05) is 126 Å². The molecule has 0 aliphatic heterocycles. The quantitative estimate of drug-likeness (QED) is 0.166. The average molecular weight is 1170 g/mol. The van der Waals surface area contributed by atoms with Crippen LogP contribution in [0.1, 0.15) is 0 Å². The number of hydrogen-bond donors (Lipinski definition) is 0. The smallest absolute Gasteiger partial charge is 0.160 e. The van der Waals surface area contributed by atoms with Crippen LogP contribution in [0.25, 0.3) is 188 Å². The van der Waals surface area contributed by atoms with Gasteiger partial charge in [-0.05, 0) is 126 Å². The van der Waals surface area contributed by atoms with Crippen LogP contribution in [0.4, 0.5) is 0 Å². The van der Waals surface area contributed by atoms with Gasteiger partial charge in [-0.3, -0.25) is 0 Å². The molecule has 0 fully saturated rings. The molecule has 20 rings (SSSR count). The van der Waals surface area contributed by atoms with E-state index in [1.165, 1.54) is 126 Å². The second-order valence-electron chi connectivity index (χ2n) is 23.1. The van der Waals surface area contributed by atoms with E-state index in [1.807, 2.05) is 34.0 Å². The van der Waals surface area contributed by atoms with Crippen LogP contribution in [0.15, 0.2) is 273 Å². The Balaban J connectivity index is 0.743. The molecule has 0 spiro atoms. The van der Waals surface area contributed by atoms with Gasteiger partial charge in [0.2, 0.25) is 0 Å². The summed E-state index contributed by atoms with van der Waals surface area (Å²) in [5, 5.41) is 16.5. The van der Waals surface area contributed by atoms with E-state index >= 15 is 0 Å². The molecule has 5 nitrogen and oxygen atoms in total. The van der Waals surface area contributed by atoms with Crippen LogP contribution < -0.4 is 0 Å². The Morgan fingerprint density at radius 2 is 0.636 bits per heavy atom. The van der Waals surface area contributed by atoms with E-state index in [0.29, 0.717) is 5.82 Å². The van der Waals surface area contributed by atoms with E-state index in [9.17, 15) is 0 Å². The molecule has 20 aromatic rings. The maximum Gasteiger partial charge on any atom is 0.160 e. The number of nitrogens with zero attached hydrogens (tertiary/aromatic N) is 5. The second-order valence-corrected chi connectivity index (χ2v) is 26.3. The molecule has 0 saturated heterocycles. The van der Waals surface area contributed by atoms with Crippen molar-refractivity contribution >= 4 is 171 Å². The van der Waals surface area contributed by atoms with E-state index < -0.39 is 0 Å². The van der Waals surface area contributed by atoms with Crippen LogP contribution in [0.3, 0.4) is 0 Å². The van der Waals surface area contributed by atoms with Crippen molar-refractivity contribution in [3.05, 3.63) is 273 Å². The SMILES string of the molecule is c1cc(-c2ccc3nc(-c4ccc(-n5c6ccccc6c6c7sc8ccccc8c7ccc65)cc4)nc(-c4ccc(-n5c6ccccc6c6c7sc8ccccc8c7ccc65)cc4)c3c2)cc(-n2c3ccccc3c3c4sc5ccccc5c4ccc32)c1. The van der Waals surface area contributed by atoms with Gasteiger partial charge >= 0.3 is 0 Å². The number of para-hydroxylation sites is 3. The number of benzene rings is 13. The lowest BCUT2D eigenvalue weighted by atomic mass is 9.99. The third-order valence-electron chi connectivity index (χ3n) is 18.5. The number of fused-ring (bicyclic) bond motifs is 22. The van der Waals surface area contributed by atoms with Crippen LogP contribution in [-0.4, -0.2) is 23.7 Å². The van der Waals surface area contributed by atoms with Crippen molar-refractivity contribution in [2.75, 3.05) is 0 Å². The van der Waals surface area contributed by atoms with Crippen molar-refractivity contribution < 1.29 is 0 Å². The van der Waals surface area contributed by atoms with Gasteiger partial charge in [0.1, 0.15) is 0 Å². The van der Waals surface area contributed by atoms with E-state index in [2.05, 4.69) is 287 Å². The topological polar surface area (TPSA) is 40.6 Å². The zero-order valence-corrected chi connectivity index (χ0v) is 49.4. The van der Waals surface area contributed by atoms with Crippen molar-refractivity contribution in [1.82, 2.24) is 23.7 Å². The minimum absolute atomic E-state index is 0.677. The van der Waals surface area contributed by atoms with Crippen molar-refractivity contribution in [1.29, 1.82) is 0 Å². The van der Waals surface area contributed by atoms with Crippen LogP contribution >= 0.6 is 34.0 Å². The van der Waals surface area contributed by atoms with Crippen LogP contribution in [-0.2, 0) is 0 Å². The third-order valence-corrected chi connectivity index (χ3v) is 22.1. The first-order chi connectivity index (χ1) is 43.6. The summed E-state index contributed by atoms with van der Waals surface area (Å²) in [6.07, 6.45) is 0. The summed E-state index contributed by atoms with van der Waals surface area (Å²) in [7, 11) is 0. The lowest BCUT2D eigenvalue weighted by Gasteiger charge is -2.14. The molecule has 0 saturated carbocycles. The zero-order valence-electron chi connectivity index (χ0n) is 46.9. The highest BCUT2D eigenvalue weighted by Gasteiger charge is 2.23. The van der Waals surface area contributed by atoms with E-state index in [-0.39, 0.29) is 0 Å². The molecule has 0 aliphatic carbocycles. The minimum atomic E-state index is 0.677. The van der Waals surface area contributed by atoms with Gasteiger partial charge in [0.05, 0.1) is 44.3 Å². The van der Waals surface area contributed by atoms with Crippen molar-refractivity contribution in [2.24, 2.45) is 0 Å². The molecule has 88 heavy (non-hydrogen) atoms. The molecule has 8 heteroatoms. The van der Waals surface area contributed by atoms with Crippen LogP contribution in [0.5, 0.6) is 0 Å². The standard InChI is InChI=1S/C80H45N5S3/c1-7-22-64-59(19-1)73-67(41-37-56-53-16-4-10-25-70(53)86-77(56)73)83(64)50-33-28-46(29-34-50)76-62-45-49(48-14-13-15-52(44-48)85-66-24-9-3-21-61(66)75-69(85)43-39-58-55-18-6-12-27-72(55)88-79(58)75)32-40-63(62)81-80(82-76)47-30-35-51(36-31-47)84-65-23-8-2-20-60(65)74-68(84)42-38-57-54-17-5-11-26-71(54)87-78(57)74/h1-45H. The molecule has 0 N–H and O–H groups in total. The predicted molar refractivity (Wildman–Crippen MR) is 378 cm³/mol. The largest absolute Gasteiger partial charge is 0.309 e. The summed E-state index contributed by atoms with van der Waals surface area (Å²) in [5.74, 6) is 0.677. The number of aromatic nitrogens is 5. The minimum Gasteiger partial charge on any atom is -0.309 e. The summed E-state index contributed by atoms with van der Waals surface area (Å²) in [6, 6.07) is 100. The zero-order chi connectivity index (χ0) is 57.3. The molecule has 0 unspecified atom stereocenters. The van der Waals surface area contributed by atoms with E-state index in [0.717, 1.165) is 55.9 Å². The van der Waals surface area contributed by atoms with Crippen molar-refractivity contribution in [3.8, 4) is 50.8 Å². The molecule has 7 aromatic heterocycles. The Kier molecular flexibility index (Phi) is 10.1. The number of thiophene rings is 3. The molecule has 0 radical (unpaired) electrons. The Labute approximate surface area is 514 Å². The summed E-state index contributed by atoms with van der Waals surface area (Å²) < 4.78 is 15.2. The van der Waals surface area contributed by atoms with Gasteiger partial charge in [-0.25, -0.2) is 9.97 Å². The van der Waals surface area contributed by atoms with E-state index in [4.69, 9.17) is 9.97 Å². The molecule has 0 amide bonds. The molecule has 0 atom stereocenters. The molecule has 408 valence electrons. The highest BCUT2D eigenvalue weighted by molar-refractivity contribution is 7.27. The monoisotopic (exact) mass is 1170 g/mol. The maximum absolute atomic E-state index is 5.61. The number of rotatable bonds is 6. The molecular weight excluding hydrogens is 1130 g/mol. The van der Waals surface area contributed by atoms with Gasteiger partial charge in [0.25, 0.3) is 0 Å². The fourth-order valence-electron chi connectivity index (χ4n) is 14.5. The molecule has 0 aliphatic rings. The molecular formula is C80H45N5S3. The van der Waals surface area contributed by atoms with Crippen molar-refractivity contribution in [3.63, 3.8) is 0 Å². The second kappa shape index (κ2) is 18.4. The lowest BCUT2D eigenvalue weighted by Crippen LogP contribution is -1.98. The third kappa shape index (κ3) is 6.90. The van der Waals surface area contributed by atoms with Gasteiger partial charge in [-0.2, -0.15) is 0 Å². The molecule has 0 bridgehead atoms. The highest BCUT2D eigenvalue weighted by Crippen LogP contribution is 2.48. The van der Waals surface area contributed by atoms with Gasteiger partial charge in [-0.15, -0.1) is 34.0 Å². The van der Waals surface area contributed by atoms with Crippen LogP contribution in [0.2, 0.25) is 0 Å².